The summed E-state index contributed by atoms with van der Waals surface area (Å²) in [4.78, 5) is 10.4. The maximum atomic E-state index is 14.5. The van der Waals surface area contributed by atoms with Crippen LogP contribution in [0.25, 0.3) is 11.3 Å². The van der Waals surface area contributed by atoms with Crippen molar-refractivity contribution in [2.24, 2.45) is 0 Å². The van der Waals surface area contributed by atoms with Crippen molar-refractivity contribution < 1.29 is 21.6 Å². The number of anilines is 1. The monoisotopic (exact) mass is 438 g/mol. The number of benzene rings is 1. The Morgan fingerprint density at radius 3 is 2.80 bits per heavy atom. The molecule has 0 spiro atoms. The van der Waals surface area contributed by atoms with Gasteiger partial charge >= 0.3 is 0 Å². The van der Waals surface area contributed by atoms with E-state index < -0.39 is 28.0 Å². The smallest absolute Gasteiger partial charge is 0.290 e. The highest BCUT2D eigenvalue weighted by Crippen LogP contribution is 2.45. The number of alkyl halides is 3. The summed E-state index contributed by atoms with van der Waals surface area (Å²) in [6.07, 6.45) is -1.33. The average Bonchev–Trinajstić information content (AvgIpc) is 2.93. The van der Waals surface area contributed by atoms with Crippen LogP contribution < -0.4 is 10.2 Å². The second-order valence-corrected chi connectivity index (χ2v) is 10.2. The van der Waals surface area contributed by atoms with E-state index in [1.165, 1.54) is 6.07 Å². The van der Waals surface area contributed by atoms with Gasteiger partial charge in [0.15, 0.2) is 9.84 Å². The number of hydrogen-bond donors (Lipinski definition) is 1. The standard InChI is InChI=1S/C20H21F3N4O2S/c1-11-15(21)10-27(11)19-25-17(14-4-5-20(22,23)18(14)26-19)12-2-3-13-9-24-6-7-30(28,29)16(13)8-12/h2-3,8,11,15,24H,4-7,9-10H2,1H3/t11-,15+/m0/s1. The van der Waals surface area contributed by atoms with Crippen LogP contribution in [0.4, 0.5) is 19.1 Å². The topological polar surface area (TPSA) is 75.2 Å². The Bertz CT molecular complexity index is 1140. The van der Waals surface area contributed by atoms with Gasteiger partial charge in [0.1, 0.15) is 11.9 Å². The van der Waals surface area contributed by atoms with Gasteiger partial charge < -0.3 is 10.2 Å². The van der Waals surface area contributed by atoms with Crippen LogP contribution in [0.2, 0.25) is 0 Å². The van der Waals surface area contributed by atoms with E-state index in [0.717, 1.165) is 0 Å². The van der Waals surface area contributed by atoms with Crippen molar-refractivity contribution in [2.45, 2.75) is 49.3 Å². The number of fused-ring (bicyclic) bond motifs is 2. The minimum absolute atomic E-state index is 0.0299. The van der Waals surface area contributed by atoms with Gasteiger partial charge in [-0.05, 0) is 25.0 Å². The third-order valence-electron chi connectivity index (χ3n) is 6.21. The van der Waals surface area contributed by atoms with Gasteiger partial charge in [-0.15, -0.1) is 0 Å². The number of hydrogen-bond acceptors (Lipinski definition) is 6. The number of rotatable bonds is 2. The molecule has 2 aliphatic heterocycles. The Morgan fingerprint density at radius 2 is 2.07 bits per heavy atom. The fourth-order valence-corrected chi connectivity index (χ4v) is 5.76. The summed E-state index contributed by atoms with van der Waals surface area (Å²) in [5.41, 5.74) is 1.40. The van der Waals surface area contributed by atoms with E-state index in [2.05, 4.69) is 15.3 Å². The molecule has 1 N–H and O–H groups in total. The molecule has 0 amide bonds. The maximum absolute atomic E-state index is 14.5. The van der Waals surface area contributed by atoms with Gasteiger partial charge in [0.25, 0.3) is 5.92 Å². The zero-order chi connectivity index (χ0) is 21.3. The van der Waals surface area contributed by atoms with Crippen LogP contribution in [0.15, 0.2) is 23.1 Å². The van der Waals surface area contributed by atoms with Gasteiger partial charge in [0.2, 0.25) is 5.95 Å². The van der Waals surface area contributed by atoms with E-state index in [1.54, 1.807) is 24.0 Å². The van der Waals surface area contributed by atoms with Crippen LogP contribution >= 0.6 is 0 Å². The molecule has 1 aromatic heterocycles. The van der Waals surface area contributed by atoms with Gasteiger partial charge in [0, 0.05) is 30.6 Å². The van der Waals surface area contributed by atoms with Gasteiger partial charge in [-0.1, -0.05) is 12.1 Å². The van der Waals surface area contributed by atoms with Crippen LogP contribution in [0.5, 0.6) is 0 Å². The number of nitrogens with zero attached hydrogens (tertiary/aromatic N) is 3. The summed E-state index contributed by atoms with van der Waals surface area (Å²) in [6.45, 7) is 2.48. The molecule has 1 aliphatic carbocycles. The molecule has 5 rings (SSSR count). The fraction of sp³-hybridized carbons (Fsp3) is 0.500. The number of nitrogens with one attached hydrogen (secondary N) is 1. The largest absolute Gasteiger partial charge is 0.332 e. The molecule has 0 radical (unpaired) electrons. The summed E-state index contributed by atoms with van der Waals surface area (Å²) in [7, 11) is -3.50. The first kappa shape index (κ1) is 19.7. The van der Waals surface area contributed by atoms with E-state index in [1.807, 2.05) is 0 Å². The molecule has 10 heteroatoms. The fourth-order valence-electron chi connectivity index (χ4n) is 4.28. The van der Waals surface area contributed by atoms with Gasteiger partial charge in [0.05, 0.1) is 28.9 Å². The van der Waals surface area contributed by atoms with Crippen molar-refractivity contribution >= 4 is 15.8 Å². The Kier molecular flexibility index (Phi) is 4.38. The maximum Gasteiger partial charge on any atom is 0.290 e. The van der Waals surface area contributed by atoms with E-state index in [0.29, 0.717) is 35.5 Å². The van der Waals surface area contributed by atoms with Gasteiger partial charge in [-0.2, -0.15) is 8.78 Å². The van der Waals surface area contributed by atoms with E-state index >= 15 is 0 Å². The molecule has 3 aliphatic rings. The van der Waals surface area contributed by atoms with Crippen molar-refractivity contribution in [1.82, 2.24) is 15.3 Å². The van der Waals surface area contributed by atoms with Crippen molar-refractivity contribution in [3.05, 3.63) is 35.0 Å². The van der Waals surface area contributed by atoms with Crippen LogP contribution in [-0.4, -0.2) is 49.4 Å². The van der Waals surface area contributed by atoms with Crippen molar-refractivity contribution in [3.8, 4) is 11.3 Å². The molecule has 30 heavy (non-hydrogen) atoms. The normalized spacial score (nSPS) is 26.5. The Labute approximate surface area is 172 Å². The third-order valence-corrected chi connectivity index (χ3v) is 8.00. The predicted molar refractivity (Wildman–Crippen MR) is 105 cm³/mol. The highest BCUT2D eigenvalue weighted by molar-refractivity contribution is 7.91. The number of sulfone groups is 1. The minimum Gasteiger partial charge on any atom is -0.332 e. The van der Waals surface area contributed by atoms with Crippen LogP contribution in [-0.2, 0) is 28.7 Å². The lowest BCUT2D eigenvalue weighted by molar-refractivity contribution is -0.00598. The Balaban J connectivity index is 1.68. The van der Waals surface area contributed by atoms with Gasteiger partial charge in [-0.25, -0.2) is 22.8 Å². The molecule has 0 unspecified atom stereocenters. The lowest BCUT2D eigenvalue weighted by Gasteiger charge is -2.42. The van der Waals surface area contributed by atoms with Gasteiger partial charge in [-0.3, -0.25) is 0 Å². The molecule has 1 fully saturated rings. The summed E-state index contributed by atoms with van der Waals surface area (Å²) >= 11 is 0. The molecule has 2 aromatic rings. The minimum atomic E-state index is -3.50. The molecule has 3 heterocycles. The SMILES string of the molecule is C[C@H]1[C@H](F)CN1c1nc(-c2ccc3c(c2)S(=O)(=O)CCNC3)c2c(n1)C(F)(F)CC2. The molecular formula is C20H21F3N4O2S. The molecule has 2 atom stereocenters. The molecular weight excluding hydrogens is 417 g/mol. The lowest BCUT2D eigenvalue weighted by Crippen LogP contribution is -2.57. The summed E-state index contributed by atoms with van der Waals surface area (Å²) in [5, 5.41) is 3.07. The first-order valence-corrected chi connectivity index (χ1v) is 11.6. The summed E-state index contributed by atoms with van der Waals surface area (Å²) in [6, 6.07) is 4.44. The quantitative estimate of drug-likeness (QED) is 0.777. The lowest BCUT2D eigenvalue weighted by atomic mass is 10.0. The second-order valence-electron chi connectivity index (χ2n) is 8.13. The predicted octanol–water partition coefficient (Wildman–Crippen LogP) is 2.61. The molecule has 1 saturated heterocycles. The van der Waals surface area contributed by atoms with Crippen molar-refractivity contribution in [3.63, 3.8) is 0 Å². The second kappa shape index (κ2) is 6.65. The van der Waals surface area contributed by atoms with E-state index in [9.17, 15) is 21.6 Å². The molecule has 6 nitrogen and oxygen atoms in total. The van der Waals surface area contributed by atoms with E-state index in [4.69, 9.17) is 0 Å². The van der Waals surface area contributed by atoms with Crippen LogP contribution in [0.3, 0.4) is 0 Å². The van der Waals surface area contributed by atoms with Crippen molar-refractivity contribution in [1.29, 1.82) is 0 Å². The molecule has 1 aromatic carbocycles. The number of aromatic nitrogens is 2. The average molecular weight is 438 g/mol. The Morgan fingerprint density at radius 1 is 1.27 bits per heavy atom. The zero-order valence-electron chi connectivity index (χ0n) is 16.3. The molecule has 160 valence electrons. The summed E-state index contributed by atoms with van der Waals surface area (Å²) in [5.74, 6) is -3.06. The first-order valence-electron chi connectivity index (χ1n) is 9.94. The zero-order valence-corrected chi connectivity index (χ0v) is 17.1. The third kappa shape index (κ3) is 2.99. The highest BCUT2D eigenvalue weighted by atomic mass is 32.2. The molecule has 0 bridgehead atoms. The van der Waals surface area contributed by atoms with Crippen molar-refractivity contribution in [2.75, 3.05) is 23.7 Å². The van der Waals surface area contributed by atoms with Crippen LogP contribution in [0.1, 0.15) is 30.2 Å². The number of halogens is 3. The van der Waals surface area contributed by atoms with E-state index in [-0.39, 0.29) is 41.7 Å². The highest BCUT2D eigenvalue weighted by Gasteiger charge is 2.45. The summed E-state index contributed by atoms with van der Waals surface area (Å²) < 4.78 is 68.1. The van der Waals surface area contributed by atoms with Crippen LogP contribution in [0, 0.1) is 0 Å². The first-order chi connectivity index (χ1) is 14.2. The Hall–Kier alpha value is -2.20. The molecule has 0 saturated carbocycles.